The lowest BCUT2D eigenvalue weighted by Crippen LogP contribution is -2.39. The number of hydrogen-bond donors (Lipinski definition) is 2. The van der Waals surface area contributed by atoms with Gasteiger partial charge in [-0.25, -0.2) is 4.79 Å². The molecule has 0 heterocycles. The highest BCUT2D eigenvalue weighted by atomic mass is 16.4. The van der Waals surface area contributed by atoms with Gasteiger partial charge in [0.2, 0.25) is 0 Å². The molecule has 0 unspecified atom stereocenters. The molecule has 0 spiro atoms. The first-order valence-electron chi connectivity index (χ1n) is 5.79. The Hall–Kier alpha value is -0.770. The number of nitrogens with zero attached hydrogens (tertiary/aromatic N) is 1. The summed E-state index contributed by atoms with van der Waals surface area (Å²) in [7, 11) is 1.57. The van der Waals surface area contributed by atoms with Crippen LogP contribution in [0.4, 0.5) is 4.79 Å². The number of nitrogens with two attached hydrogens (primary N) is 1. The van der Waals surface area contributed by atoms with Crippen LogP contribution in [0.1, 0.15) is 38.5 Å². The van der Waals surface area contributed by atoms with Crippen molar-refractivity contribution in [3.63, 3.8) is 0 Å². The van der Waals surface area contributed by atoms with E-state index in [1.54, 1.807) is 7.05 Å². The van der Waals surface area contributed by atoms with Crippen LogP contribution in [0.5, 0.6) is 0 Å². The van der Waals surface area contributed by atoms with E-state index in [4.69, 9.17) is 10.8 Å². The van der Waals surface area contributed by atoms with Crippen LogP contribution in [0.15, 0.2) is 0 Å². The van der Waals surface area contributed by atoms with E-state index in [9.17, 15) is 4.79 Å². The summed E-state index contributed by atoms with van der Waals surface area (Å²) in [5.74, 6) is 0.718. The number of amides is 1. The van der Waals surface area contributed by atoms with Gasteiger partial charge in [0, 0.05) is 19.6 Å². The standard InChI is InChI=1S/C11H22N2O2/c1-13(11(14)15)8-10(12)7-9-5-3-2-4-6-9/h9-10H,2-8,12H2,1H3,(H,14,15)/t10-/m0/s1. The summed E-state index contributed by atoms with van der Waals surface area (Å²) in [6.07, 6.45) is 6.58. The van der Waals surface area contributed by atoms with Crippen molar-refractivity contribution in [1.29, 1.82) is 0 Å². The van der Waals surface area contributed by atoms with Crippen LogP contribution in [-0.2, 0) is 0 Å². The van der Waals surface area contributed by atoms with Crippen LogP contribution in [0.3, 0.4) is 0 Å². The molecule has 1 aliphatic carbocycles. The Kier molecular flexibility index (Phi) is 4.88. The number of carbonyl (C=O) groups is 1. The van der Waals surface area contributed by atoms with Crippen molar-refractivity contribution in [2.24, 2.45) is 11.7 Å². The fraction of sp³-hybridized carbons (Fsp3) is 0.909. The molecule has 0 aliphatic heterocycles. The SMILES string of the molecule is CN(C[C@@H](N)CC1CCCCC1)C(=O)O. The van der Waals surface area contributed by atoms with E-state index in [-0.39, 0.29) is 6.04 Å². The van der Waals surface area contributed by atoms with Gasteiger partial charge in [-0.15, -0.1) is 0 Å². The highest BCUT2D eigenvalue weighted by Gasteiger charge is 2.18. The van der Waals surface area contributed by atoms with Crippen LogP contribution < -0.4 is 5.73 Å². The molecule has 1 fully saturated rings. The Morgan fingerprint density at radius 1 is 1.47 bits per heavy atom. The lowest BCUT2D eigenvalue weighted by atomic mass is 9.85. The van der Waals surface area contributed by atoms with Gasteiger partial charge in [-0.3, -0.25) is 0 Å². The second kappa shape index (κ2) is 5.95. The summed E-state index contributed by atoms with van der Waals surface area (Å²) in [6, 6.07) is -0.00537. The topological polar surface area (TPSA) is 66.6 Å². The van der Waals surface area contributed by atoms with Gasteiger partial charge in [0.15, 0.2) is 0 Å². The number of carboxylic acid groups (broad SMARTS) is 1. The van der Waals surface area contributed by atoms with E-state index in [1.807, 2.05) is 0 Å². The van der Waals surface area contributed by atoms with E-state index in [0.29, 0.717) is 6.54 Å². The van der Waals surface area contributed by atoms with Gasteiger partial charge in [-0.2, -0.15) is 0 Å². The Labute approximate surface area is 91.4 Å². The fourth-order valence-corrected chi connectivity index (χ4v) is 2.36. The summed E-state index contributed by atoms with van der Waals surface area (Å²) in [4.78, 5) is 11.9. The first kappa shape index (κ1) is 12.3. The quantitative estimate of drug-likeness (QED) is 0.751. The summed E-state index contributed by atoms with van der Waals surface area (Å²) in [6.45, 7) is 0.450. The van der Waals surface area contributed by atoms with E-state index in [2.05, 4.69) is 0 Å². The Morgan fingerprint density at radius 3 is 2.60 bits per heavy atom. The first-order valence-corrected chi connectivity index (χ1v) is 5.79. The van der Waals surface area contributed by atoms with Gasteiger partial charge in [-0.1, -0.05) is 32.1 Å². The molecule has 0 bridgehead atoms. The molecule has 1 aliphatic rings. The van der Waals surface area contributed by atoms with Crippen molar-refractivity contribution in [2.75, 3.05) is 13.6 Å². The third-order valence-corrected chi connectivity index (χ3v) is 3.20. The predicted octanol–water partition coefficient (Wildman–Crippen LogP) is 1.89. The largest absolute Gasteiger partial charge is 0.465 e. The number of likely N-dealkylation sites (N-methyl/N-ethyl adjacent to an activating group) is 1. The van der Waals surface area contributed by atoms with Gasteiger partial charge in [0.05, 0.1) is 0 Å². The fourth-order valence-electron chi connectivity index (χ4n) is 2.36. The van der Waals surface area contributed by atoms with E-state index < -0.39 is 6.09 Å². The maximum Gasteiger partial charge on any atom is 0.407 e. The van der Waals surface area contributed by atoms with Crippen molar-refractivity contribution in [1.82, 2.24) is 4.90 Å². The van der Waals surface area contributed by atoms with Gasteiger partial charge in [-0.05, 0) is 12.3 Å². The molecule has 0 radical (unpaired) electrons. The highest BCUT2D eigenvalue weighted by molar-refractivity contribution is 5.64. The van der Waals surface area contributed by atoms with Crippen molar-refractivity contribution in [3.8, 4) is 0 Å². The molecule has 88 valence electrons. The first-order chi connectivity index (χ1) is 7.09. The molecule has 0 aromatic rings. The molecular formula is C11H22N2O2. The predicted molar refractivity (Wildman–Crippen MR) is 59.8 cm³/mol. The maximum atomic E-state index is 10.6. The zero-order valence-electron chi connectivity index (χ0n) is 9.48. The van der Waals surface area contributed by atoms with Crippen molar-refractivity contribution < 1.29 is 9.90 Å². The maximum absolute atomic E-state index is 10.6. The smallest absolute Gasteiger partial charge is 0.407 e. The van der Waals surface area contributed by atoms with Gasteiger partial charge in [0.1, 0.15) is 0 Å². The molecule has 0 aromatic heterocycles. The second-order valence-corrected chi connectivity index (χ2v) is 4.66. The lowest BCUT2D eigenvalue weighted by Gasteiger charge is -2.26. The second-order valence-electron chi connectivity index (χ2n) is 4.66. The normalized spacial score (nSPS) is 19.9. The van der Waals surface area contributed by atoms with Crippen molar-refractivity contribution in [2.45, 2.75) is 44.6 Å². The molecule has 1 atom stereocenters. The number of rotatable bonds is 4. The van der Waals surface area contributed by atoms with E-state index in [1.165, 1.54) is 37.0 Å². The van der Waals surface area contributed by atoms with Gasteiger partial charge >= 0.3 is 6.09 Å². The van der Waals surface area contributed by atoms with Crippen LogP contribution >= 0.6 is 0 Å². The Bertz CT molecular complexity index is 203. The zero-order chi connectivity index (χ0) is 11.3. The van der Waals surface area contributed by atoms with E-state index >= 15 is 0 Å². The van der Waals surface area contributed by atoms with Crippen LogP contribution in [0.2, 0.25) is 0 Å². The summed E-state index contributed by atoms with van der Waals surface area (Å²) in [5, 5.41) is 8.71. The van der Waals surface area contributed by atoms with Crippen molar-refractivity contribution >= 4 is 6.09 Å². The lowest BCUT2D eigenvalue weighted by molar-refractivity contribution is 0.151. The zero-order valence-corrected chi connectivity index (χ0v) is 9.48. The average molecular weight is 214 g/mol. The summed E-state index contributed by atoms with van der Waals surface area (Å²) >= 11 is 0. The summed E-state index contributed by atoms with van der Waals surface area (Å²) in [5.41, 5.74) is 5.94. The van der Waals surface area contributed by atoms with Crippen molar-refractivity contribution in [3.05, 3.63) is 0 Å². The molecule has 3 N–H and O–H groups in total. The molecule has 0 saturated heterocycles. The van der Waals surface area contributed by atoms with E-state index in [0.717, 1.165) is 12.3 Å². The van der Waals surface area contributed by atoms with Crippen LogP contribution in [0, 0.1) is 5.92 Å². The Morgan fingerprint density at radius 2 is 2.07 bits per heavy atom. The third kappa shape index (κ3) is 4.51. The van der Waals surface area contributed by atoms with Gasteiger partial charge < -0.3 is 15.7 Å². The summed E-state index contributed by atoms with van der Waals surface area (Å²) < 4.78 is 0. The molecule has 1 amide bonds. The molecular weight excluding hydrogens is 192 g/mol. The molecule has 1 saturated carbocycles. The number of hydrogen-bond acceptors (Lipinski definition) is 2. The molecule has 1 rings (SSSR count). The molecule has 0 aromatic carbocycles. The Balaban J connectivity index is 2.22. The minimum atomic E-state index is -0.894. The van der Waals surface area contributed by atoms with Crippen LogP contribution in [-0.4, -0.2) is 35.7 Å². The molecule has 4 heteroatoms. The monoisotopic (exact) mass is 214 g/mol. The molecule has 15 heavy (non-hydrogen) atoms. The highest BCUT2D eigenvalue weighted by Crippen LogP contribution is 2.26. The van der Waals surface area contributed by atoms with Crippen LogP contribution in [0.25, 0.3) is 0 Å². The third-order valence-electron chi connectivity index (χ3n) is 3.20. The molecule has 4 nitrogen and oxygen atoms in total. The average Bonchev–Trinajstić information content (AvgIpc) is 2.18. The minimum absolute atomic E-state index is 0.00537. The minimum Gasteiger partial charge on any atom is -0.465 e. The van der Waals surface area contributed by atoms with Gasteiger partial charge in [0.25, 0.3) is 0 Å².